The minimum atomic E-state index is 0.331. The number of hydrogen-bond acceptors (Lipinski definition) is 5. The number of nitrogens with one attached hydrogen (secondary N) is 3. The third kappa shape index (κ3) is 6.92. The molecule has 0 aromatic rings. The molecule has 0 aromatic heterocycles. The molecule has 1 aliphatic rings. The van der Waals surface area contributed by atoms with E-state index in [0.29, 0.717) is 12.8 Å². The first-order valence-electron chi connectivity index (χ1n) is 4.90. The van der Waals surface area contributed by atoms with Gasteiger partial charge in [-0.1, -0.05) is 0 Å². The van der Waals surface area contributed by atoms with Crippen molar-refractivity contribution in [2.75, 3.05) is 45.9 Å². The van der Waals surface area contributed by atoms with Crippen LogP contribution in [0.3, 0.4) is 0 Å². The molecule has 1 unspecified atom stereocenters. The van der Waals surface area contributed by atoms with Crippen molar-refractivity contribution in [2.24, 2.45) is 5.73 Å². The predicted octanol–water partition coefficient (Wildman–Crippen LogP) is -1.93. The van der Waals surface area contributed by atoms with Gasteiger partial charge in [-0.2, -0.15) is 0 Å². The molecule has 0 aromatic carbocycles. The van der Waals surface area contributed by atoms with Gasteiger partial charge in [0, 0.05) is 39.3 Å². The summed E-state index contributed by atoms with van der Waals surface area (Å²) in [6.45, 7) is 6.42. The quantitative estimate of drug-likeness (QED) is 0.250. The molecule has 5 nitrogen and oxygen atoms in total. The van der Waals surface area contributed by atoms with Crippen molar-refractivity contribution in [3.8, 4) is 0 Å². The summed E-state index contributed by atoms with van der Waals surface area (Å²) in [6.07, 6.45) is 0.331. The molecular formula is C8H20N4O. The van der Waals surface area contributed by atoms with Crippen LogP contribution in [0, 0.1) is 0 Å². The molecule has 13 heavy (non-hydrogen) atoms. The summed E-state index contributed by atoms with van der Waals surface area (Å²) in [4.78, 5) is 0. The molecule has 1 rings (SSSR count). The van der Waals surface area contributed by atoms with Gasteiger partial charge in [0.05, 0.1) is 6.61 Å². The monoisotopic (exact) mass is 188 g/mol. The maximum absolute atomic E-state index is 5.32. The van der Waals surface area contributed by atoms with Gasteiger partial charge in [-0.15, -0.1) is 0 Å². The van der Waals surface area contributed by atoms with Crippen molar-refractivity contribution < 1.29 is 4.74 Å². The first-order valence-corrected chi connectivity index (χ1v) is 4.90. The van der Waals surface area contributed by atoms with Crippen molar-refractivity contribution >= 4 is 0 Å². The van der Waals surface area contributed by atoms with Crippen LogP contribution in [-0.2, 0) is 4.74 Å². The Morgan fingerprint density at radius 3 is 2.31 bits per heavy atom. The molecule has 1 heterocycles. The maximum Gasteiger partial charge on any atom is 0.132 e. The Morgan fingerprint density at radius 1 is 1.08 bits per heavy atom. The van der Waals surface area contributed by atoms with E-state index in [1.54, 1.807) is 0 Å². The molecule has 5 heteroatoms. The van der Waals surface area contributed by atoms with Crippen LogP contribution in [-0.4, -0.2) is 52.1 Å². The first-order chi connectivity index (χ1) is 6.43. The lowest BCUT2D eigenvalue weighted by Gasteiger charge is -2.05. The zero-order valence-electron chi connectivity index (χ0n) is 8.01. The number of nitrogens with two attached hydrogens (primary N) is 1. The molecule has 0 spiro atoms. The first kappa shape index (κ1) is 10.9. The lowest BCUT2D eigenvalue weighted by Crippen LogP contribution is -2.34. The second-order valence-corrected chi connectivity index (χ2v) is 3.06. The van der Waals surface area contributed by atoms with Gasteiger partial charge >= 0.3 is 0 Å². The van der Waals surface area contributed by atoms with Gasteiger partial charge in [0.1, 0.15) is 6.23 Å². The third-order valence-corrected chi connectivity index (χ3v) is 1.81. The lowest BCUT2D eigenvalue weighted by atomic mass is 10.5. The van der Waals surface area contributed by atoms with Gasteiger partial charge in [-0.3, -0.25) is 5.32 Å². The second-order valence-electron chi connectivity index (χ2n) is 3.06. The summed E-state index contributed by atoms with van der Waals surface area (Å²) >= 11 is 0. The van der Waals surface area contributed by atoms with Crippen molar-refractivity contribution in [2.45, 2.75) is 6.23 Å². The van der Waals surface area contributed by atoms with Crippen molar-refractivity contribution in [1.82, 2.24) is 16.0 Å². The molecule has 1 aliphatic heterocycles. The van der Waals surface area contributed by atoms with E-state index in [1.807, 2.05) is 0 Å². The highest BCUT2D eigenvalue weighted by molar-refractivity contribution is 4.66. The predicted molar refractivity (Wildman–Crippen MR) is 52.5 cm³/mol. The molecule has 0 amide bonds. The number of ether oxygens (including phenoxy) is 1. The molecule has 78 valence electrons. The summed E-state index contributed by atoms with van der Waals surface area (Å²) in [5, 5.41) is 9.75. The average Bonchev–Trinajstić information content (AvgIpc) is 2.93. The van der Waals surface area contributed by atoms with E-state index in [1.165, 1.54) is 0 Å². The molecule has 0 bridgehead atoms. The number of epoxide rings is 1. The molecule has 1 saturated heterocycles. The maximum atomic E-state index is 5.32. The van der Waals surface area contributed by atoms with Crippen molar-refractivity contribution in [1.29, 1.82) is 0 Å². The van der Waals surface area contributed by atoms with E-state index in [2.05, 4.69) is 16.0 Å². The van der Waals surface area contributed by atoms with Gasteiger partial charge in [0.15, 0.2) is 0 Å². The number of hydrogen-bond donors (Lipinski definition) is 4. The number of rotatable bonds is 9. The zero-order chi connectivity index (χ0) is 9.36. The zero-order valence-corrected chi connectivity index (χ0v) is 8.01. The van der Waals surface area contributed by atoms with Gasteiger partial charge in [0.25, 0.3) is 0 Å². The fourth-order valence-electron chi connectivity index (χ4n) is 1.02. The van der Waals surface area contributed by atoms with Crippen LogP contribution in [0.5, 0.6) is 0 Å². The Hall–Kier alpha value is -0.200. The van der Waals surface area contributed by atoms with Crippen LogP contribution in [0.15, 0.2) is 0 Å². The summed E-state index contributed by atoms with van der Waals surface area (Å²) in [7, 11) is 0. The van der Waals surface area contributed by atoms with Crippen molar-refractivity contribution in [3.63, 3.8) is 0 Å². The highest BCUT2D eigenvalue weighted by atomic mass is 16.6. The highest BCUT2D eigenvalue weighted by Gasteiger charge is 2.20. The van der Waals surface area contributed by atoms with Gasteiger partial charge in [-0.25, -0.2) is 0 Å². The van der Waals surface area contributed by atoms with E-state index >= 15 is 0 Å². The molecule has 0 radical (unpaired) electrons. The van der Waals surface area contributed by atoms with Gasteiger partial charge in [-0.05, 0) is 0 Å². The highest BCUT2D eigenvalue weighted by Crippen LogP contribution is 2.01. The molecule has 0 saturated carbocycles. The standard InChI is InChI=1S/C8H20N4O/c9-1-2-10-3-4-11-5-6-12-8-7-13-8/h8,10-12H,1-7,9H2. The van der Waals surface area contributed by atoms with Crippen molar-refractivity contribution in [3.05, 3.63) is 0 Å². The second kappa shape index (κ2) is 7.23. The summed E-state index contributed by atoms with van der Waals surface area (Å²) in [5.74, 6) is 0. The van der Waals surface area contributed by atoms with Crippen LogP contribution in [0.4, 0.5) is 0 Å². The average molecular weight is 188 g/mol. The minimum absolute atomic E-state index is 0.331. The van der Waals surface area contributed by atoms with Crippen LogP contribution >= 0.6 is 0 Å². The van der Waals surface area contributed by atoms with Gasteiger partial charge in [0.2, 0.25) is 0 Å². The van der Waals surface area contributed by atoms with Crippen LogP contribution in [0.2, 0.25) is 0 Å². The molecular weight excluding hydrogens is 168 g/mol. The molecule has 1 fully saturated rings. The Bertz CT molecular complexity index is 119. The fraction of sp³-hybridized carbons (Fsp3) is 1.00. The largest absolute Gasteiger partial charge is 0.357 e. The Labute approximate surface area is 79.4 Å². The molecule has 0 aliphatic carbocycles. The summed E-state index contributed by atoms with van der Waals surface area (Å²) < 4.78 is 5.00. The lowest BCUT2D eigenvalue weighted by molar-refractivity contribution is 0.369. The van der Waals surface area contributed by atoms with E-state index in [-0.39, 0.29) is 0 Å². The summed E-state index contributed by atoms with van der Waals surface area (Å²) in [5.41, 5.74) is 5.32. The Balaban J connectivity index is 1.63. The normalized spacial score (nSPS) is 20.5. The van der Waals surface area contributed by atoms with E-state index in [9.17, 15) is 0 Å². The van der Waals surface area contributed by atoms with Crippen LogP contribution in [0.1, 0.15) is 0 Å². The fourth-order valence-corrected chi connectivity index (χ4v) is 1.02. The van der Waals surface area contributed by atoms with Gasteiger partial charge < -0.3 is 21.1 Å². The van der Waals surface area contributed by atoms with Crippen LogP contribution in [0.25, 0.3) is 0 Å². The van der Waals surface area contributed by atoms with Crippen LogP contribution < -0.4 is 21.7 Å². The Kier molecular flexibility index (Phi) is 6.05. The summed E-state index contributed by atoms with van der Waals surface area (Å²) in [6, 6.07) is 0. The SMILES string of the molecule is NCCNCCNCCNC1CO1. The van der Waals surface area contributed by atoms with E-state index < -0.39 is 0 Å². The smallest absolute Gasteiger partial charge is 0.132 e. The molecule has 5 N–H and O–H groups in total. The third-order valence-electron chi connectivity index (χ3n) is 1.81. The van der Waals surface area contributed by atoms with E-state index in [0.717, 1.165) is 39.3 Å². The minimum Gasteiger partial charge on any atom is -0.357 e. The molecule has 1 atom stereocenters. The topological polar surface area (TPSA) is 74.6 Å². The Morgan fingerprint density at radius 2 is 1.69 bits per heavy atom. The van der Waals surface area contributed by atoms with E-state index in [4.69, 9.17) is 10.5 Å².